The summed E-state index contributed by atoms with van der Waals surface area (Å²) in [6.45, 7) is 4.45. The summed E-state index contributed by atoms with van der Waals surface area (Å²) in [5.74, 6) is 3.53. The maximum atomic E-state index is 5.14. The number of rotatable bonds is 4. The lowest BCUT2D eigenvalue weighted by atomic mass is 9.98. The standard InChI is InChI=1S/C9H16/c1-4-7-8-9(5-2)6-3/h1,9H,5-8H2,2-3H3. The first-order chi connectivity index (χ1) is 4.35. The van der Waals surface area contributed by atoms with Crippen LogP contribution >= 0.6 is 0 Å². The van der Waals surface area contributed by atoms with Crippen molar-refractivity contribution in [2.45, 2.75) is 39.5 Å². The van der Waals surface area contributed by atoms with Crippen LogP contribution in [-0.4, -0.2) is 0 Å². The topological polar surface area (TPSA) is 0 Å². The van der Waals surface area contributed by atoms with Crippen molar-refractivity contribution in [2.24, 2.45) is 5.92 Å². The van der Waals surface area contributed by atoms with Crippen molar-refractivity contribution in [3.63, 3.8) is 0 Å². The molecular formula is C9H16. The molecule has 0 spiro atoms. The van der Waals surface area contributed by atoms with E-state index in [0.717, 1.165) is 12.3 Å². The molecule has 0 rings (SSSR count). The molecule has 0 atom stereocenters. The zero-order valence-electron chi connectivity index (χ0n) is 6.48. The van der Waals surface area contributed by atoms with Crippen LogP contribution in [0.15, 0.2) is 0 Å². The van der Waals surface area contributed by atoms with Gasteiger partial charge in [0.25, 0.3) is 0 Å². The van der Waals surface area contributed by atoms with Crippen molar-refractivity contribution in [3.05, 3.63) is 0 Å². The van der Waals surface area contributed by atoms with Gasteiger partial charge in [-0.2, -0.15) is 0 Å². The Morgan fingerprint density at radius 3 is 2.22 bits per heavy atom. The predicted molar refractivity (Wildman–Crippen MR) is 42.1 cm³/mol. The number of terminal acetylenes is 1. The fraction of sp³-hybridized carbons (Fsp3) is 0.778. The molecule has 0 aliphatic heterocycles. The highest BCUT2D eigenvalue weighted by atomic mass is 14.0. The lowest BCUT2D eigenvalue weighted by Gasteiger charge is -2.07. The van der Waals surface area contributed by atoms with Gasteiger partial charge in [0, 0.05) is 6.42 Å². The third-order valence-corrected chi connectivity index (χ3v) is 1.85. The minimum Gasteiger partial charge on any atom is -0.120 e. The Morgan fingerprint density at radius 2 is 1.89 bits per heavy atom. The van der Waals surface area contributed by atoms with E-state index in [1.807, 2.05) is 0 Å². The molecule has 0 unspecified atom stereocenters. The molecule has 0 nitrogen and oxygen atoms in total. The van der Waals surface area contributed by atoms with Gasteiger partial charge in [-0.25, -0.2) is 0 Å². The number of hydrogen-bond donors (Lipinski definition) is 0. The van der Waals surface area contributed by atoms with Gasteiger partial charge in [-0.3, -0.25) is 0 Å². The molecule has 0 N–H and O–H groups in total. The highest BCUT2D eigenvalue weighted by molar-refractivity contribution is 4.83. The van der Waals surface area contributed by atoms with Gasteiger partial charge in [0.2, 0.25) is 0 Å². The van der Waals surface area contributed by atoms with Crippen LogP contribution in [0.1, 0.15) is 39.5 Å². The summed E-state index contributed by atoms with van der Waals surface area (Å²) in [7, 11) is 0. The molecule has 52 valence electrons. The third-order valence-electron chi connectivity index (χ3n) is 1.85. The van der Waals surface area contributed by atoms with Crippen molar-refractivity contribution < 1.29 is 0 Å². The summed E-state index contributed by atoms with van der Waals surface area (Å²) >= 11 is 0. The van der Waals surface area contributed by atoms with E-state index in [1.165, 1.54) is 19.3 Å². The molecule has 0 amide bonds. The van der Waals surface area contributed by atoms with Gasteiger partial charge in [0.1, 0.15) is 0 Å². The molecule has 0 fully saturated rings. The number of hydrogen-bond acceptors (Lipinski definition) is 0. The molecule has 0 saturated carbocycles. The molecule has 0 heteroatoms. The van der Waals surface area contributed by atoms with E-state index in [-0.39, 0.29) is 0 Å². The van der Waals surface area contributed by atoms with Gasteiger partial charge in [0.05, 0.1) is 0 Å². The second-order valence-corrected chi connectivity index (χ2v) is 2.43. The van der Waals surface area contributed by atoms with Crippen LogP contribution in [0.5, 0.6) is 0 Å². The minimum absolute atomic E-state index is 0.862. The Balaban J connectivity index is 3.22. The van der Waals surface area contributed by atoms with Crippen molar-refractivity contribution >= 4 is 0 Å². The van der Waals surface area contributed by atoms with Gasteiger partial charge in [-0.1, -0.05) is 26.7 Å². The fourth-order valence-corrected chi connectivity index (χ4v) is 0.984. The molecule has 0 aromatic carbocycles. The first-order valence-corrected chi connectivity index (χ1v) is 3.78. The molecule has 0 aliphatic carbocycles. The monoisotopic (exact) mass is 124 g/mol. The van der Waals surface area contributed by atoms with Gasteiger partial charge in [0.15, 0.2) is 0 Å². The normalized spacial score (nSPS) is 9.56. The lowest BCUT2D eigenvalue weighted by molar-refractivity contribution is 0.463. The van der Waals surface area contributed by atoms with E-state index in [0.29, 0.717) is 0 Å². The minimum atomic E-state index is 0.862. The zero-order valence-corrected chi connectivity index (χ0v) is 6.48. The van der Waals surface area contributed by atoms with Crippen molar-refractivity contribution in [2.75, 3.05) is 0 Å². The Hall–Kier alpha value is -0.440. The van der Waals surface area contributed by atoms with Crippen LogP contribution in [0.3, 0.4) is 0 Å². The Labute approximate surface area is 58.7 Å². The Bertz CT molecular complexity index is 82.7. The molecule has 0 heterocycles. The average Bonchev–Trinajstić information content (AvgIpc) is 1.91. The third kappa shape index (κ3) is 4.09. The zero-order chi connectivity index (χ0) is 7.11. The van der Waals surface area contributed by atoms with Gasteiger partial charge >= 0.3 is 0 Å². The van der Waals surface area contributed by atoms with Crippen LogP contribution in [0.2, 0.25) is 0 Å². The van der Waals surface area contributed by atoms with Crippen LogP contribution < -0.4 is 0 Å². The maximum absolute atomic E-state index is 5.14. The molecular weight excluding hydrogens is 108 g/mol. The highest BCUT2D eigenvalue weighted by Crippen LogP contribution is 2.13. The molecule has 0 bridgehead atoms. The van der Waals surface area contributed by atoms with Crippen LogP contribution in [0, 0.1) is 18.3 Å². The largest absolute Gasteiger partial charge is 0.120 e. The molecule has 9 heavy (non-hydrogen) atoms. The van der Waals surface area contributed by atoms with Crippen LogP contribution in [0.25, 0.3) is 0 Å². The summed E-state index contributed by atoms with van der Waals surface area (Å²) in [5, 5.41) is 0. The van der Waals surface area contributed by atoms with E-state index >= 15 is 0 Å². The molecule has 0 saturated heterocycles. The van der Waals surface area contributed by atoms with E-state index in [4.69, 9.17) is 6.42 Å². The summed E-state index contributed by atoms with van der Waals surface area (Å²) in [6, 6.07) is 0. The van der Waals surface area contributed by atoms with E-state index in [1.54, 1.807) is 0 Å². The van der Waals surface area contributed by atoms with Crippen LogP contribution in [0.4, 0.5) is 0 Å². The second-order valence-electron chi connectivity index (χ2n) is 2.43. The summed E-state index contributed by atoms with van der Waals surface area (Å²) in [4.78, 5) is 0. The van der Waals surface area contributed by atoms with E-state index in [2.05, 4.69) is 19.8 Å². The maximum Gasteiger partial charge on any atom is 0.00886 e. The quantitative estimate of drug-likeness (QED) is 0.505. The van der Waals surface area contributed by atoms with E-state index < -0.39 is 0 Å². The lowest BCUT2D eigenvalue weighted by Crippen LogP contribution is -1.94. The first-order valence-electron chi connectivity index (χ1n) is 3.78. The van der Waals surface area contributed by atoms with Gasteiger partial charge in [-0.05, 0) is 12.3 Å². The van der Waals surface area contributed by atoms with Crippen LogP contribution in [-0.2, 0) is 0 Å². The Kier molecular flexibility index (Phi) is 5.41. The van der Waals surface area contributed by atoms with Crippen molar-refractivity contribution in [1.29, 1.82) is 0 Å². The summed E-state index contributed by atoms with van der Waals surface area (Å²) in [5.41, 5.74) is 0. The second kappa shape index (κ2) is 5.69. The van der Waals surface area contributed by atoms with E-state index in [9.17, 15) is 0 Å². The van der Waals surface area contributed by atoms with Crippen molar-refractivity contribution in [3.8, 4) is 12.3 Å². The molecule has 0 aromatic rings. The average molecular weight is 124 g/mol. The molecule has 0 aromatic heterocycles. The van der Waals surface area contributed by atoms with Crippen molar-refractivity contribution in [1.82, 2.24) is 0 Å². The fourth-order valence-electron chi connectivity index (χ4n) is 0.984. The molecule has 0 aliphatic rings. The Morgan fingerprint density at radius 1 is 1.33 bits per heavy atom. The molecule has 0 radical (unpaired) electrons. The smallest absolute Gasteiger partial charge is 0.00886 e. The highest BCUT2D eigenvalue weighted by Gasteiger charge is 1.99. The first kappa shape index (κ1) is 8.56. The summed E-state index contributed by atoms with van der Waals surface area (Å²) in [6.07, 6.45) is 9.85. The predicted octanol–water partition coefficient (Wildman–Crippen LogP) is 2.84. The van der Waals surface area contributed by atoms with Gasteiger partial charge < -0.3 is 0 Å². The summed E-state index contributed by atoms with van der Waals surface area (Å²) < 4.78 is 0. The van der Waals surface area contributed by atoms with Gasteiger partial charge in [-0.15, -0.1) is 12.3 Å². The SMILES string of the molecule is C#CCCC(CC)CC.